The molecule has 1 heterocycles. The maximum atomic E-state index is 9.60. The minimum atomic E-state index is -0.988. The van der Waals surface area contributed by atoms with E-state index in [1.54, 1.807) is 5.38 Å². The maximum absolute atomic E-state index is 9.60. The fourth-order valence-electron chi connectivity index (χ4n) is 1.09. The summed E-state index contributed by atoms with van der Waals surface area (Å²) in [6.45, 7) is 1.87. The zero-order chi connectivity index (χ0) is 9.84. The fraction of sp³-hybridized carbons (Fsp3) is 0.444. The highest BCUT2D eigenvalue weighted by atomic mass is 32.1. The number of aryl methyl sites for hydroxylation is 1. The van der Waals surface area contributed by atoms with Gasteiger partial charge in [-0.1, -0.05) is 0 Å². The average Bonchev–Trinajstić information content (AvgIpc) is 2.50. The average molecular weight is 197 g/mol. The molecule has 0 aliphatic heterocycles. The number of aliphatic hydroxyl groups is 2. The van der Waals surface area contributed by atoms with E-state index >= 15 is 0 Å². The van der Waals surface area contributed by atoms with Crippen molar-refractivity contribution in [1.82, 2.24) is 0 Å². The van der Waals surface area contributed by atoms with Crippen LogP contribution in [0.3, 0.4) is 0 Å². The van der Waals surface area contributed by atoms with E-state index in [1.807, 2.05) is 18.4 Å². The highest BCUT2D eigenvalue weighted by molar-refractivity contribution is 7.08. The van der Waals surface area contributed by atoms with E-state index in [4.69, 9.17) is 5.26 Å². The Balaban J connectivity index is 2.74. The topological polar surface area (TPSA) is 64.2 Å². The van der Waals surface area contributed by atoms with Crippen LogP contribution in [0.15, 0.2) is 10.8 Å². The quantitative estimate of drug-likeness (QED) is 0.769. The number of rotatable bonds is 3. The van der Waals surface area contributed by atoms with Crippen molar-refractivity contribution in [2.45, 2.75) is 25.6 Å². The molecule has 0 amide bonds. The van der Waals surface area contributed by atoms with Crippen LogP contribution in [0.2, 0.25) is 0 Å². The lowest BCUT2D eigenvalue weighted by Crippen LogP contribution is -2.17. The molecule has 2 N–H and O–H groups in total. The molecule has 1 aromatic heterocycles. The predicted octanol–water partition coefficient (Wildman–Crippen LogP) is 1.36. The second-order valence-electron chi connectivity index (χ2n) is 2.88. The van der Waals surface area contributed by atoms with Crippen LogP contribution in [0.5, 0.6) is 0 Å². The Kier molecular flexibility index (Phi) is 3.43. The first kappa shape index (κ1) is 10.2. The first-order valence-corrected chi connectivity index (χ1v) is 4.87. The summed E-state index contributed by atoms with van der Waals surface area (Å²) in [5, 5.41) is 31.0. The number of hydrogen-bond donors (Lipinski definition) is 2. The molecule has 2 atom stereocenters. The number of nitrogens with zero attached hydrogens (tertiary/aromatic N) is 1. The summed E-state index contributed by atoms with van der Waals surface area (Å²) >= 11 is 1.48. The van der Waals surface area contributed by atoms with Gasteiger partial charge in [0.05, 0.1) is 18.6 Å². The van der Waals surface area contributed by atoms with Gasteiger partial charge in [0, 0.05) is 0 Å². The molecule has 0 radical (unpaired) electrons. The molecular weight excluding hydrogens is 186 g/mol. The number of aliphatic hydroxyl groups excluding tert-OH is 2. The Bertz CT molecular complexity index is 316. The third-order valence-corrected chi connectivity index (χ3v) is 2.76. The molecule has 0 aromatic carbocycles. The molecule has 70 valence electrons. The normalized spacial score (nSPS) is 14.9. The van der Waals surface area contributed by atoms with Crippen molar-refractivity contribution in [1.29, 1.82) is 5.26 Å². The van der Waals surface area contributed by atoms with Crippen molar-refractivity contribution in [3.8, 4) is 6.07 Å². The summed E-state index contributed by atoms with van der Waals surface area (Å²) in [6, 6.07) is 1.82. The lowest BCUT2D eigenvalue weighted by Gasteiger charge is -2.14. The molecule has 13 heavy (non-hydrogen) atoms. The van der Waals surface area contributed by atoms with Gasteiger partial charge in [0.1, 0.15) is 6.10 Å². The summed E-state index contributed by atoms with van der Waals surface area (Å²) in [5.74, 6) is 0. The van der Waals surface area contributed by atoms with Gasteiger partial charge in [-0.3, -0.25) is 0 Å². The van der Waals surface area contributed by atoms with Gasteiger partial charge < -0.3 is 10.2 Å². The highest BCUT2D eigenvalue weighted by Crippen LogP contribution is 2.25. The van der Waals surface area contributed by atoms with Gasteiger partial charge in [0.15, 0.2) is 0 Å². The summed E-state index contributed by atoms with van der Waals surface area (Å²) in [4.78, 5) is 0. The lowest BCUT2D eigenvalue weighted by atomic mass is 10.0. The molecule has 4 heteroatoms. The summed E-state index contributed by atoms with van der Waals surface area (Å²) in [5.41, 5.74) is 1.67. The van der Waals surface area contributed by atoms with Crippen LogP contribution < -0.4 is 0 Å². The molecular formula is C9H11NO2S. The van der Waals surface area contributed by atoms with Crippen LogP contribution in [-0.4, -0.2) is 16.3 Å². The molecule has 0 saturated carbocycles. The van der Waals surface area contributed by atoms with Crippen LogP contribution in [0.25, 0.3) is 0 Å². The van der Waals surface area contributed by atoms with E-state index in [9.17, 15) is 10.2 Å². The monoisotopic (exact) mass is 197 g/mol. The van der Waals surface area contributed by atoms with Gasteiger partial charge in [-0.05, 0) is 28.8 Å². The van der Waals surface area contributed by atoms with Crippen molar-refractivity contribution in [3.05, 3.63) is 21.9 Å². The molecule has 0 spiro atoms. The Morgan fingerprint density at radius 2 is 2.23 bits per heavy atom. The van der Waals surface area contributed by atoms with Gasteiger partial charge >= 0.3 is 0 Å². The zero-order valence-electron chi connectivity index (χ0n) is 7.27. The summed E-state index contributed by atoms with van der Waals surface area (Å²) < 4.78 is 0. The molecule has 1 rings (SSSR count). The third-order valence-electron chi connectivity index (χ3n) is 1.88. The lowest BCUT2D eigenvalue weighted by molar-refractivity contribution is 0.0215. The van der Waals surface area contributed by atoms with E-state index in [2.05, 4.69) is 0 Å². The standard InChI is InChI=1S/C9H11NO2S/c1-6-4-13-5-7(6)9(12)8(11)2-3-10/h4-5,8-9,11-12H,2H2,1H3. The number of nitriles is 1. The largest absolute Gasteiger partial charge is 0.389 e. The molecule has 0 aliphatic carbocycles. The Morgan fingerprint density at radius 3 is 2.69 bits per heavy atom. The minimum Gasteiger partial charge on any atom is -0.389 e. The van der Waals surface area contributed by atoms with Crippen molar-refractivity contribution >= 4 is 11.3 Å². The van der Waals surface area contributed by atoms with Crippen molar-refractivity contribution in [2.75, 3.05) is 0 Å². The van der Waals surface area contributed by atoms with Crippen LogP contribution in [0.1, 0.15) is 23.7 Å². The van der Waals surface area contributed by atoms with Crippen molar-refractivity contribution in [3.63, 3.8) is 0 Å². The molecule has 0 bridgehead atoms. The Labute approximate surface area is 80.9 Å². The highest BCUT2D eigenvalue weighted by Gasteiger charge is 2.19. The van der Waals surface area contributed by atoms with Gasteiger partial charge in [0.25, 0.3) is 0 Å². The number of thiophene rings is 1. The van der Waals surface area contributed by atoms with Crippen LogP contribution in [0, 0.1) is 18.3 Å². The fourth-order valence-corrected chi connectivity index (χ4v) is 1.97. The number of hydrogen-bond acceptors (Lipinski definition) is 4. The van der Waals surface area contributed by atoms with Crippen LogP contribution in [0.4, 0.5) is 0 Å². The smallest absolute Gasteiger partial charge is 0.107 e. The van der Waals surface area contributed by atoms with Gasteiger partial charge in [-0.25, -0.2) is 0 Å². The summed E-state index contributed by atoms with van der Waals surface area (Å²) in [6.07, 6.45) is -1.97. The van der Waals surface area contributed by atoms with Crippen LogP contribution in [-0.2, 0) is 0 Å². The molecule has 0 aliphatic rings. The first-order valence-electron chi connectivity index (χ1n) is 3.92. The van der Waals surface area contributed by atoms with E-state index < -0.39 is 12.2 Å². The van der Waals surface area contributed by atoms with Gasteiger partial charge in [-0.2, -0.15) is 16.6 Å². The Hall–Kier alpha value is -0.890. The first-order chi connectivity index (χ1) is 6.16. The third kappa shape index (κ3) is 2.28. The second-order valence-corrected chi connectivity index (χ2v) is 3.63. The predicted molar refractivity (Wildman–Crippen MR) is 50.3 cm³/mol. The van der Waals surface area contributed by atoms with Crippen molar-refractivity contribution in [2.24, 2.45) is 0 Å². The van der Waals surface area contributed by atoms with Crippen LogP contribution >= 0.6 is 11.3 Å². The van der Waals surface area contributed by atoms with E-state index in [1.165, 1.54) is 11.3 Å². The van der Waals surface area contributed by atoms with Crippen molar-refractivity contribution < 1.29 is 10.2 Å². The minimum absolute atomic E-state index is 0.0452. The molecule has 0 fully saturated rings. The maximum Gasteiger partial charge on any atom is 0.107 e. The van der Waals surface area contributed by atoms with Gasteiger partial charge in [0.2, 0.25) is 0 Å². The SMILES string of the molecule is Cc1cscc1C(O)C(O)CC#N. The second kappa shape index (κ2) is 4.38. The Morgan fingerprint density at radius 1 is 1.54 bits per heavy atom. The van der Waals surface area contributed by atoms with Gasteiger partial charge in [-0.15, -0.1) is 0 Å². The molecule has 3 nitrogen and oxygen atoms in total. The molecule has 0 saturated heterocycles. The summed E-state index contributed by atoms with van der Waals surface area (Å²) in [7, 11) is 0. The van der Waals surface area contributed by atoms with E-state index in [0.29, 0.717) is 5.56 Å². The van der Waals surface area contributed by atoms with E-state index in [-0.39, 0.29) is 6.42 Å². The molecule has 2 unspecified atom stereocenters. The zero-order valence-corrected chi connectivity index (χ0v) is 8.08. The van der Waals surface area contributed by atoms with E-state index in [0.717, 1.165) is 5.56 Å². The molecule has 1 aromatic rings.